The van der Waals surface area contributed by atoms with Crippen molar-refractivity contribution in [3.63, 3.8) is 0 Å². The number of hydrogen-bond donors (Lipinski definition) is 0. The van der Waals surface area contributed by atoms with Crippen molar-refractivity contribution in [3.8, 4) is 0 Å². The number of rotatable bonds is 5. The van der Waals surface area contributed by atoms with Crippen LogP contribution in [-0.2, 0) is 4.79 Å². The average Bonchev–Trinajstić information content (AvgIpc) is 3.16. The highest BCUT2D eigenvalue weighted by molar-refractivity contribution is 5.79. The van der Waals surface area contributed by atoms with Crippen LogP contribution in [0.5, 0.6) is 0 Å². The molecule has 0 atom stereocenters. The standard InChI is InChI=1S/C18H24N4O3/c1-19(15-4-2-3-5-15)18(23)14-20-10-12-21(13-11-20)16-6-8-17(9-7-16)22(24)25/h4,6-9H,2-3,5,10-14H2,1H3. The van der Waals surface area contributed by atoms with Crippen LogP contribution in [0.25, 0.3) is 0 Å². The lowest BCUT2D eigenvalue weighted by atomic mass is 10.2. The Morgan fingerprint density at radius 2 is 1.88 bits per heavy atom. The second kappa shape index (κ2) is 7.65. The number of piperazine rings is 1. The van der Waals surface area contributed by atoms with Gasteiger partial charge >= 0.3 is 0 Å². The molecule has 1 aliphatic heterocycles. The van der Waals surface area contributed by atoms with E-state index in [1.54, 1.807) is 17.0 Å². The lowest BCUT2D eigenvalue weighted by Crippen LogP contribution is -2.49. The molecule has 1 aromatic carbocycles. The molecule has 1 aliphatic carbocycles. The molecule has 7 heteroatoms. The van der Waals surface area contributed by atoms with Crippen LogP contribution < -0.4 is 4.90 Å². The fourth-order valence-corrected chi connectivity index (χ4v) is 3.37. The SMILES string of the molecule is CN(C(=O)CN1CCN(c2ccc([N+](=O)[O-])cc2)CC1)C1=CCCC1. The van der Waals surface area contributed by atoms with Crippen molar-refractivity contribution in [2.45, 2.75) is 19.3 Å². The van der Waals surface area contributed by atoms with E-state index in [-0.39, 0.29) is 16.5 Å². The number of nitro benzene ring substituents is 1. The molecule has 0 spiro atoms. The molecule has 1 fully saturated rings. The molecule has 1 aromatic rings. The van der Waals surface area contributed by atoms with Crippen LogP contribution in [0.3, 0.4) is 0 Å². The van der Waals surface area contributed by atoms with Gasteiger partial charge in [-0.25, -0.2) is 0 Å². The van der Waals surface area contributed by atoms with Crippen LogP contribution in [0.15, 0.2) is 36.0 Å². The predicted molar refractivity (Wildman–Crippen MR) is 96.5 cm³/mol. The Labute approximate surface area is 147 Å². The molecule has 134 valence electrons. The minimum atomic E-state index is -0.385. The highest BCUT2D eigenvalue weighted by Gasteiger charge is 2.22. The van der Waals surface area contributed by atoms with Gasteiger partial charge in [-0.1, -0.05) is 6.08 Å². The number of carbonyl (C=O) groups is 1. The Morgan fingerprint density at radius 3 is 2.44 bits per heavy atom. The summed E-state index contributed by atoms with van der Waals surface area (Å²) in [6, 6.07) is 6.66. The van der Waals surface area contributed by atoms with Gasteiger partial charge in [0.15, 0.2) is 0 Å². The Morgan fingerprint density at radius 1 is 1.20 bits per heavy atom. The number of anilines is 1. The molecule has 0 unspecified atom stereocenters. The van der Waals surface area contributed by atoms with Gasteiger partial charge in [-0.15, -0.1) is 0 Å². The normalized spacial score (nSPS) is 18.1. The molecule has 2 aliphatic rings. The van der Waals surface area contributed by atoms with E-state index in [0.29, 0.717) is 6.54 Å². The number of amides is 1. The number of hydrogen-bond acceptors (Lipinski definition) is 5. The molecule has 1 amide bonds. The summed E-state index contributed by atoms with van der Waals surface area (Å²) in [5, 5.41) is 10.7. The summed E-state index contributed by atoms with van der Waals surface area (Å²) in [5.41, 5.74) is 2.25. The first-order valence-corrected chi connectivity index (χ1v) is 8.72. The van der Waals surface area contributed by atoms with Gasteiger partial charge in [-0.2, -0.15) is 0 Å². The zero-order valence-corrected chi connectivity index (χ0v) is 14.6. The summed E-state index contributed by atoms with van der Waals surface area (Å²) in [7, 11) is 1.87. The first-order chi connectivity index (χ1) is 12.0. The van der Waals surface area contributed by atoms with Crippen molar-refractivity contribution >= 4 is 17.3 Å². The lowest BCUT2D eigenvalue weighted by molar-refractivity contribution is -0.384. The molecular formula is C18H24N4O3. The monoisotopic (exact) mass is 344 g/mol. The molecule has 0 N–H and O–H groups in total. The number of allylic oxidation sites excluding steroid dienone is 2. The van der Waals surface area contributed by atoms with Gasteiger partial charge in [0.25, 0.3) is 5.69 Å². The van der Waals surface area contributed by atoms with Crippen molar-refractivity contribution in [1.82, 2.24) is 9.80 Å². The van der Waals surface area contributed by atoms with Crippen LogP contribution in [0.4, 0.5) is 11.4 Å². The Hall–Kier alpha value is -2.41. The molecule has 1 heterocycles. The maximum atomic E-state index is 12.4. The Bertz CT molecular complexity index is 663. The number of carbonyl (C=O) groups excluding carboxylic acids is 1. The van der Waals surface area contributed by atoms with Crippen LogP contribution in [-0.4, -0.2) is 60.4 Å². The lowest BCUT2D eigenvalue weighted by Gasteiger charge is -2.36. The third-order valence-electron chi connectivity index (χ3n) is 4.98. The highest BCUT2D eigenvalue weighted by Crippen LogP contribution is 2.22. The number of nitrogens with zero attached hydrogens (tertiary/aromatic N) is 4. The average molecular weight is 344 g/mol. The molecule has 3 rings (SSSR count). The van der Waals surface area contributed by atoms with E-state index in [4.69, 9.17) is 0 Å². The van der Waals surface area contributed by atoms with Gasteiger partial charge in [0.1, 0.15) is 0 Å². The van der Waals surface area contributed by atoms with Crippen molar-refractivity contribution in [2.75, 3.05) is 44.7 Å². The van der Waals surface area contributed by atoms with E-state index in [1.807, 2.05) is 7.05 Å². The second-order valence-corrected chi connectivity index (χ2v) is 6.58. The van der Waals surface area contributed by atoms with E-state index in [9.17, 15) is 14.9 Å². The molecule has 1 saturated heterocycles. The Balaban J connectivity index is 1.49. The summed E-state index contributed by atoms with van der Waals surface area (Å²) in [6.07, 6.45) is 5.36. The van der Waals surface area contributed by atoms with E-state index >= 15 is 0 Å². The third kappa shape index (κ3) is 4.17. The van der Waals surface area contributed by atoms with Crippen LogP contribution in [0, 0.1) is 10.1 Å². The number of benzene rings is 1. The molecule has 0 saturated carbocycles. The maximum Gasteiger partial charge on any atom is 0.269 e. The Kier molecular flexibility index (Phi) is 5.33. The second-order valence-electron chi connectivity index (χ2n) is 6.58. The first-order valence-electron chi connectivity index (χ1n) is 8.72. The van der Waals surface area contributed by atoms with Crippen molar-refractivity contribution in [3.05, 3.63) is 46.2 Å². The number of nitro groups is 1. The zero-order valence-electron chi connectivity index (χ0n) is 14.6. The smallest absolute Gasteiger partial charge is 0.269 e. The van der Waals surface area contributed by atoms with E-state index in [1.165, 1.54) is 12.1 Å². The van der Waals surface area contributed by atoms with Crippen molar-refractivity contribution < 1.29 is 9.72 Å². The predicted octanol–water partition coefficient (Wildman–Crippen LogP) is 2.24. The summed E-state index contributed by atoms with van der Waals surface area (Å²) in [6.45, 7) is 3.71. The highest BCUT2D eigenvalue weighted by atomic mass is 16.6. The van der Waals surface area contributed by atoms with Gasteiger partial charge in [0.05, 0.1) is 11.5 Å². The van der Waals surface area contributed by atoms with Crippen molar-refractivity contribution in [2.24, 2.45) is 0 Å². The topological polar surface area (TPSA) is 69.9 Å². The van der Waals surface area contributed by atoms with Crippen LogP contribution >= 0.6 is 0 Å². The maximum absolute atomic E-state index is 12.4. The minimum absolute atomic E-state index is 0.109. The van der Waals surface area contributed by atoms with E-state index < -0.39 is 0 Å². The van der Waals surface area contributed by atoms with Crippen LogP contribution in [0.2, 0.25) is 0 Å². The largest absolute Gasteiger partial charge is 0.369 e. The van der Waals surface area contributed by atoms with Gasteiger partial charge in [-0.05, 0) is 31.4 Å². The van der Waals surface area contributed by atoms with Crippen LogP contribution in [0.1, 0.15) is 19.3 Å². The molecule has 0 aromatic heterocycles. The number of non-ortho nitro benzene ring substituents is 1. The summed E-state index contributed by atoms with van der Waals surface area (Å²) in [5.74, 6) is 0.150. The molecule has 0 bridgehead atoms. The van der Waals surface area contributed by atoms with E-state index in [0.717, 1.165) is 56.8 Å². The minimum Gasteiger partial charge on any atom is -0.369 e. The molecule has 7 nitrogen and oxygen atoms in total. The van der Waals surface area contributed by atoms with Gasteiger partial charge in [-0.3, -0.25) is 19.8 Å². The summed E-state index contributed by atoms with van der Waals surface area (Å²) < 4.78 is 0. The molecule has 25 heavy (non-hydrogen) atoms. The first kappa shape index (κ1) is 17.4. The van der Waals surface area contributed by atoms with Gasteiger partial charge in [0, 0.05) is 56.7 Å². The summed E-state index contributed by atoms with van der Waals surface area (Å²) >= 11 is 0. The number of likely N-dealkylation sites (N-methyl/N-ethyl adjacent to an activating group) is 1. The van der Waals surface area contributed by atoms with E-state index in [2.05, 4.69) is 15.9 Å². The van der Waals surface area contributed by atoms with Crippen molar-refractivity contribution in [1.29, 1.82) is 0 Å². The summed E-state index contributed by atoms with van der Waals surface area (Å²) in [4.78, 5) is 28.9. The fourth-order valence-electron chi connectivity index (χ4n) is 3.37. The molecule has 0 radical (unpaired) electrons. The van der Waals surface area contributed by atoms with Gasteiger partial charge in [0.2, 0.25) is 5.91 Å². The fraction of sp³-hybridized carbons (Fsp3) is 0.500. The quantitative estimate of drug-likeness (QED) is 0.605. The third-order valence-corrected chi connectivity index (χ3v) is 4.98. The van der Waals surface area contributed by atoms with Gasteiger partial charge < -0.3 is 9.80 Å². The molecular weight excluding hydrogens is 320 g/mol. The zero-order chi connectivity index (χ0) is 17.8.